The fourth-order valence-electron chi connectivity index (χ4n) is 1.10. The zero-order chi connectivity index (χ0) is 10.6. The maximum absolute atomic E-state index is 11.4. The molecule has 5 nitrogen and oxygen atoms in total. The highest BCUT2D eigenvalue weighted by atomic mass is 16.5. The summed E-state index contributed by atoms with van der Waals surface area (Å²) in [5.74, 6) is 0.606. The molecule has 5 heteroatoms. The van der Waals surface area contributed by atoms with Gasteiger partial charge in [-0.3, -0.25) is 4.79 Å². The molecular formula is C9H15N3O2. The van der Waals surface area contributed by atoms with E-state index >= 15 is 0 Å². The first kappa shape index (κ1) is 10.7. The van der Waals surface area contributed by atoms with E-state index in [1.807, 2.05) is 7.05 Å². The van der Waals surface area contributed by atoms with Crippen LogP contribution in [0.25, 0.3) is 0 Å². The second kappa shape index (κ2) is 4.76. The monoisotopic (exact) mass is 197 g/mol. The summed E-state index contributed by atoms with van der Waals surface area (Å²) in [5, 5.41) is 9.41. The highest BCUT2D eigenvalue weighted by Gasteiger charge is 2.11. The Bertz CT molecular complexity index is 300. The minimum absolute atomic E-state index is 0.0336. The smallest absolute Gasteiger partial charge is 0.225 e. The fourth-order valence-corrected chi connectivity index (χ4v) is 1.10. The van der Waals surface area contributed by atoms with Crippen molar-refractivity contribution in [1.29, 1.82) is 0 Å². The molecule has 0 spiro atoms. The minimum Gasteiger partial charge on any atom is -0.359 e. The van der Waals surface area contributed by atoms with Gasteiger partial charge in [-0.15, -0.1) is 0 Å². The average molecular weight is 197 g/mol. The summed E-state index contributed by atoms with van der Waals surface area (Å²) >= 11 is 0. The molecule has 0 unspecified atom stereocenters. The number of carbonyl (C=O) groups is 1. The molecule has 0 radical (unpaired) electrons. The van der Waals surface area contributed by atoms with Gasteiger partial charge in [-0.05, 0) is 20.9 Å². The van der Waals surface area contributed by atoms with Crippen LogP contribution in [-0.2, 0) is 4.79 Å². The number of anilines is 1. The molecule has 0 aliphatic carbocycles. The Balaban J connectivity index is 2.55. The summed E-state index contributed by atoms with van der Waals surface area (Å²) in [5.41, 5.74) is 1.39. The van der Waals surface area contributed by atoms with Crippen LogP contribution in [0.1, 0.15) is 17.9 Å². The van der Waals surface area contributed by atoms with Crippen LogP contribution in [0.2, 0.25) is 0 Å². The molecule has 0 saturated carbocycles. The largest absolute Gasteiger partial charge is 0.359 e. The predicted molar refractivity (Wildman–Crippen MR) is 53.2 cm³/mol. The number of amides is 1. The van der Waals surface area contributed by atoms with E-state index in [4.69, 9.17) is 4.52 Å². The molecule has 0 fully saturated rings. The first-order valence-corrected chi connectivity index (χ1v) is 4.52. The van der Waals surface area contributed by atoms with Crippen molar-refractivity contribution in [3.63, 3.8) is 0 Å². The number of carbonyl (C=O) groups excluding carboxylic acids is 1. The molecule has 1 heterocycles. The topological polar surface area (TPSA) is 67.2 Å². The lowest BCUT2D eigenvalue weighted by Crippen LogP contribution is -2.19. The number of aromatic nitrogens is 1. The Kier molecular flexibility index (Phi) is 3.64. The van der Waals surface area contributed by atoms with Crippen LogP contribution in [0.5, 0.6) is 0 Å². The summed E-state index contributed by atoms with van der Waals surface area (Å²) in [6.07, 6.45) is 0.445. The highest BCUT2D eigenvalue weighted by Crippen LogP contribution is 2.18. The average Bonchev–Trinajstić information content (AvgIpc) is 2.46. The zero-order valence-corrected chi connectivity index (χ0v) is 8.68. The van der Waals surface area contributed by atoms with Gasteiger partial charge in [0.2, 0.25) is 5.91 Å². The summed E-state index contributed by atoms with van der Waals surface area (Å²) < 4.78 is 4.92. The van der Waals surface area contributed by atoms with E-state index in [0.29, 0.717) is 30.1 Å². The van der Waals surface area contributed by atoms with E-state index in [1.165, 1.54) is 0 Å². The lowest BCUT2D eigenvalue weighted by Gasteiger charge is -2.03. The van der Waals surface area contributed by atoms with Crippen LogP contribution in [0.15, 0.2) is 4.52 Å². The Hall–Kier alpha value is -1.36. The normalized spacial score (nSPS) is 10.2. The van der Waals surface area contributed by atoms with E-state index in [1.54, 1.807) is 13.8 Å². The maximum Gasteiger partial charge on any atom is 0.225 e. The van der Waals surface area contributed by atoms with Gasteiger partial charge in [0, 0.05) is 13.0 Å². The quantitative estimate of drug-likeness (QED) is 0.750. The second-order valence-electron chi connectivity index (χ2n) is 3.10. The van der Waals surface area contributed by atoms with Gasteiger partial charge < -0.3 is 15.2 Å². The van der Waals surface area contributed by atoms with Crippen molar-refractivity contribution >= 4 is 11.6 Å². The molecule has 0 aliphatic heterocycles. The van der Waals surface area contributed by atoms with Gasteiger partial charge in [0.05, 0.1) is 0 Å². The number of nitrogens with one attached hydrogen (secondary N) is 2. The number of rotatable bonds is 4. The molecule has 2 N–H and O–H groups in total. The summed E-state index contributed by atoms with van der Waals surface area (Å²) in [4.78, 5) is 11.4. The van der Waals surface area contributed by atoms with Crippen molar-refractivity contribution < 1.29 is 9.32 Å². The molecule has 0 atom stereocenters. The van der Waals surface area contributed by atoms with Gasteiger partial charge in [-0.25, -0.2) is 0 Å². The Morgan fingerprint density at radius 2 is 2.21 bits per heavy atom. The van der Waals surface area contributed by atoms with Crippen molar-refractivity contribution in [2.24, 2.45) is 0 Å². The van der Waals surface area contributed by atoms with Crippen LogP contribution in [0.3, 0.4) is 0 Å². The van der Waals surface area contributed by atoms with Crippen molar-refractivity contribution in [2.75, 3.05) is 18.9 Å². The number of hydrogen-bond donors (Lipinski definition) is 2. The number of nitrogens with zero attached hydrogens (tertiary/aromatic N) is 1. The van der Waals surface area contributed by atoms with Gasteiger partial charge >= 0.3 is 0 Å². The standard InChI is InChI=1S/C9H15N3O2/c1-6-9(7(2)14-12-6)11-8(13)4-5-10-3/h10H,4-5H2,1-3H3,(H,11,13). The fraction of sp³-hybridized carbons (Fsp3) is 0.556. The Morgan fingerprint density at radius 1 is 1.50 bits per heavy atom. The molecule has 78 valence electrons. The molecule has 0 aliphatic rings. The molecule has 0 saturated heterocycles. The maximum atomic E-state index is 11.4. The van der Waals surface area contributed by atoms with Crippen LogP contribution >= 0.6 is 0 Å². The lowest BCUT2D eigenvalue weighted by atomic mass is 10.3. The third-order valence-electron chi connectivity index (χ3n) is 1.90. The van der Waals surface area contributed by atoms with Gasteiger partial charge in [-0.2, -0.15) is 0 Å². The first-order chi connectivity index (χ1) is 6.65. The lowest BCUT2D eigenvalue weighted by molar-refractivity contribution is -0.116. The summed E-state index contributed by atoms with van der Waals surface area (Å²) in [7, 11) is 1.81. The first-order valence-electron chi connectivity index (χ1n) is 4.52. The van der Waals surface area contributed by atoms with Crippen LogP contribution in [0.4, 0.5) is 5.69 Å². The van der Waals surface area contributed by atoms with E-state index in [0.717, 1.165) is 0 Å². The Morgan fingerprint density at radius 3 is 2.71 bits per heavy atom. The van der Waals surface area contributed by atoms with Crippen LogP contribution in [0, 0.1) is 13.8 Å². The number of aryl methyl sites for hydroxylation is 2. The van der Waals surface area contributed by atoms with Crippen LogP contribution in [-0.4, -0.2) is 24.7 Å². The SMILES string of the molecule is CNCCC(=O)Nc1c(C)noc1C. The zero-order valence-electron chi connectivity index (χ0n) is 8.68. The molecule has 1 rings (SSSR count). The molecule has 1 aromatic rings. The van der Waals surface area contributed by atoms with Gasteiger partial charge in [0.1, 0.15) is 11.4 Å². The van der Waals surface area contributed by atoms with Gasteiger partial charge in [0.15, 0.2) is 5.76 Å². The third kappa shape index (κ3) is 2.56. The van der Waals surface area contributed by atoms with E-state index in [9.17, 15) is 4.79 Å². The van der Waals surface area contributed by atoms with Crippen molar-refractivity contribution in [1.82, 2.24) is 10.5 Å². The van der Waals surface area contributed by atoms with Crippen LogP contribution < -0.4 is 10.6 Å². The molecular weight excluding hydrogens is 182 g/mol. The Labute approximate surface area is 82.8 Å². The van der Waals surface area contributed by atoms with E-state index in [2.05, 4.69) is 15.8 Å². The van der Waals surface area contributed by atoms with E-state index in [-0.39, 0.29) is 5.91 Å². The van der Waals surface area contributed by atoms with Gasteiger partial charge in [0.25, 0.3) is 0 Å². The molecule has 1 amide bonds. The highest BCUT2D eigenvalue weighted by molar-refractivity contribution is 5.91. The van der Waals surface area contributed by atoms with Gasteiger partial charge in [-0.1, -0.05) is 5.16 Å². The number of hydrogen-bond acceptors (Lipinski definition) is 4. The van der Waals surface area contributed by atoms with Crippen molar-refractivity contribution in [3.05, 3.63) is 11.5 Å². The van der Waals surface area contributed by atoms with Crippen molar-refractivity contribution in [2.45, 2.75) is 20.3 Å². The summed E-state index contributed by atoms with van der Waals surface area (Å²) in [6.45, 7) is 4.23. The minimum atomic E-state index is -0.0336. The molecule has 14 heavy (non-hydrogen) atoms. The molecule has 0 bridgehead atoms. The summed E-state index contributed by atoms with van der Waals surface area (Å²) in [6, 6.07) is 0. The second-order valence-corrected chi connectivity index (χ2v) is 3.10. The van der Waals surface area contributed by atoms with E-state index < -0.39 is 0 Å². The third-order valence-corrected chi connectivity index (χ3v) is 1.90. The molecule has 1 aromatic heterocycles. The molecule has 0 aromatic carbocycles. The van der Waals surface area contributed by atoms with Crippen molar-refractivity contribution in [3.8, 4) is 0 Å². The predicted octanol–water partition coefficient (Wildman–Crippen LogP) is 0.839.